The highest BCUT2D eigenvalue weighted by molar-refractivity contribution is 7.00. The molecule has 2 aliphatic heterocycles. The molecular formula is C101H86BN5. The van der Waals surface area contributed by atoms with Gasteiger partial charge in [0.15, 0.2) is 17.5 Å². The van der Waals surface area contributed by atoms with E-state index in [9.17, 15) is 0 Å². The Morgan fingerprint density at radius 3 is 0.832 bits per heavy atom. The predicted molar refractivity (Wildman–Crippen MR) is 457 cm³/mol. The summed E-state index contributed by atoms with van der Waals surface area (Å²) in [6.45, 7) is 27.4. The third kappa shape index (κ3) is 12.1. The van der Waals surface area contributed by atoms with Crippen LogP contribution < -0.4 is 26.2 Å². The maximum atomic E-state index is 5.93. The van der Waals surface area contributed by atoms with Gasteiger partial charge in [0, 0.05) is 50.8 Å². The van der Waals surface area contributed by atoms with Crippen molar-refractivity contribution < 1.29 is 0 Å². The van der Waals surface area contributed by atoms with Crippen LogP contribution in [0.5, 0.6) is 0 Å². The zero-order valence-corrected chi connectivity index (χ0v) is 63.2. The fraction of sp³-hybridized carbons (Fsp3) is 0.158. The normalized spacial score (nSPS) is 13.0. The fourth-order valence-corrected chi connectivity index (χ4v) is 16.4. The van der Waals surface area contributed by atoms with Crippen molar-refractivity contribution in [2.45, 2.75) is 105 Å². The fourth-order valence-electron chi connectivity index (χ4n) is 16.4. The van der Waals surface area contributed by atoms with Gasteiger partial charge < -0.3 is 9.80 Å². The molecule has 0 fully saturated rings. The van der Waals surface area contributed by atoms with E-state index in [-0.39, 0.29) is 28.4 Å². The number of hydrogen-bond donors (Lipinski definition) is 0. The molecule has 16 aromatic rings. The van der Waals surface area contributed by atoms with Crippen molar-refractivity contribution in [1.29, 1.82) is 0 Å². The molecule has 107 heavy (non-hydrogen) atoms. The van der Waals surface area contributed by atoms with Crippen LogP contribution in [0.1, 0.15) is 105 Å². The average Bonchev–Trinajstić information content (AvgIpc) is 0.686. The van der Waals surface area contributed by atoms with Gasteiger partial charge in [0.05, 0.1) is 0 Å². The van der Waals surface area contributed by atoms with Crippen LogP contribution in [0.3, 0.4) is 0 Å². The van der Waals surface area contributed by atoms with E-state index in [2.05, 4.69) is 396 Å². The standard InChI is InChI=1S/C101H86BN5/c1-98(2,3)78-47-75(48-79(59-78)99(4,5)6)95-103-96(76-49-80(100(7,8)9)60-81(50-76)101(10,11)12)105-97(104-95)77-57-92-94-93(58-77)107(83-53-73(65-33-21-15-22-34-65)46-74(54-83)66-35-23-16-24-36-66)91-56-70-44-42-68-38-26-28-40-85(68)87(70)62-89(91)102(94)88-61-86-69(43-41-67-37-25-27-39-84(67)86)55-90(88)106(92)82-51-71(63-29-17-13-18-30-63)45-72(52-82)64-31-19-14-20-32-64/h13-62H,1-12H3. The first-order chi connectivity index (χ1) is 51.5. The van der Waals surface area contributed by atoms with Gasteiger partial charge in [-0.15, -0.1) is 0 Å². The van der Waals surface area contributed by atoms with Crippen LogP contribution in [-0.2, 0) is 21.7 Å². The lowest BCUT2D eigenvalue weighted by Crippen LogP contribution is -2.61. The van der Waals surface area contributed by atoms with Crippen molar-refractivity contribution in [3.8, 4) is 78.7 Å². The van der Waals surface area contributed by atoms with E-state index in [1.807, 2.05) is 0 Å². The van der Waals surface area contributed by atoms with Crippen molar-refractivity contribution in [1.82, 2.24) is 15.0 Å². The van der Waals surface area contributed by atoms with Gasteiger partial charge in [-0.2, -0.15) is 0 Å². The maximum Gasteiger partial charge on any atom is 0.252 e. The maximum absolute atomic E-state index is 5.93. The number of benzene rings is 15. The van der Waals surface area contributed by atoms with Crippen LogP contribution in [0.2, 0.25) is 0 Å². The van der Waals surface area contributed by atoms with Gasteiger partial charge in [-0.3, -0.25) is 0 Å². The Bertz CT molecular complexity index is 5680. The minimum absolute atomic E-state index is 0.179. The van der Waals surface area contributed by atoms with Gasteiger partial charge in [0.1, 0.15) is 0 Å². The Morgan fingerprint density at radius 2 is 0.514 bits per heavy atom. The smallest absolute Gasteiger partial charge is 0.252 e. The lowest BCUT2D eigenvalue weighted by atomic mass is 9.33. The van der Waals surface area contributed by atoms with Crippen molar-refractivity contribution in [3.63, 3.8) is 0 Å². The molecule has 0 unspecified atom stereocenters. The summed E-state index contributed by atoms with van der Waals surface area (Å²) in [5, 5.41) is 9.60. The molecule has 0 bridgehead atoms. The molecule has 518 valence electrons. The molecule has 0 saturated carbocycles. The van der Waals surface area contributed by atoms with Crippen molar-refractivity contribution in [2.24, 2.45) is 0 Å². The molecule has 2 aliphatic rings. The highest BCUT2D eigenvalue weighted by atomic mass is 15.2. The molecule has 0 saturated heterocycles. The number of nitrogens with zero attached hydrogens (tertiary/aromatic N) is 5. The summed E-state index contributed by atoms with van der Waals surface area (Å²) in [7, 11) is 0. The number of hydrogen-bond acceptors (Lipinski definition) is 5. The molecule has 0 N–H and O–H groups in total. The molecule has 0 atom stereocenters. The molecular weight excluding hydrogens is 1290 g/mol. The second-order valence-electron chi connectivity index (χ2n) is 33.8. The molecule has 0 amide bonds. The molecule has 3 heterocycles. The van der Waals surface area contributed by atoms with Crippen LogP contribution in [-0.4, -0.2) is 21.7 Å². The van der Waals surface area contributed by atoms with E-state index >= 15 is 0 Å². The largest absolute Gasteiger partial charge is 0.311 e. The minimum atomic E-state index is -0.286. The monoisotopic (exact) mass is 1380 g/mol. The lowest BCUT2D eigenvalue weighted by Gasteiger charge is -2.45. The summed E-state index contributed by atoms with van der Waals surface area (Å²) < 4.78 is 0. The summed E-state index contributed by atoms with van der Waals surface area (Å²) >= 11 is 0. The number of anilines is 6. The van der Waals surface area contributed by atoms with Gasteiger partial charge in [-0.25, -0.2) is 15.0 Å². The Balaban J connectivity index is 1.03. The highest BCUT2D eigenvalue weighted by Crippen LogP contribution is 2.51. The summed E-state index contributed by atoms with van der Waals surface area (Å²) in [5.74, 6) is 1.82. The van der Waals surface area contributed by atoms with Gasteiger partial charge in [0.25, 0.3) is 6.71 Å². The number of aromatic nitrogens is 3. The summed E-state index contributed by atoms with van der Waals surface area (Å²) in [4.78, 5) is 22.8. The molecule has 15 aromatic carbocycles. The van der Waals surface area contributed by atoms with E-state index in [1.165, 1.54) is 71.0 Å². The second-order valence-corrected chi connectivity index (χ2v) is 33.8. The first kappa shape index (κ1) is 66.9. The Labute approximate surface area is 630 Å². The lowest BCUT2D eigenvalue weighted by molar-refractivity contribution is 0.568. The molecule has 6 heteroatoms. The number of fused-ring (bicyclic) bond motifs is 10. The molecule has 0 radical (unpaired) electrons. The van der Waals surface area contributed by atoms with E-state index in [1.54, 1.807) is 0 Å². The van der Waals surface area contributed by atoms with Crippen LogP contribution in [0.25, 0.3) is 122 Å². The quantitative estimate of drug-likeness (QED) is 0.106. The highest BCUT2D eigenvalue weighted by Gasteiger charge is 2.45. The van der Waals surface area contributed by atoms with Gasteiger partial charge in [0.2, 0.25) is 0 Å². The third-order valence-electron chi connectivity index (χ3n) is 22.3. The topological polar surface area (TPSA) is 45.2 Å². The molecule has 1 aromatic heterocycles. The predicted octanol–water partition coefficient (Wildman–Crippen LogP) is 25.4. The minimum Gasteiger partial charge on any atom is -0.311 e. The molecule has 5 nitrogen and oxygen atoms in total. The van der Waals surface area contributed by atoms with Crippen LogP contribution >= 0.6 is 0 Å². The van der Waals surface area contributed by atoms with Gasteiger partial charge in [-0.1, -0.05) is 301 Å². The summed E-state index contributed by atoms with van der Waals surface area (Å²) in [6, 6.07) is 114. The van der Waals surface area contributed by atoms with E-state index in [0.29, 0.717) is 17.5 Å². The molecule has 0 spiro atoms. The van der Waals surface area contributed by atoms with Crippen molar-refractivity contribution in [3.05, 3.63) is 326 Å². The SMILES string of the molecule is CC(C)(C)c1cc(-c2nc(-c3cc(C(C)(C)C)cc(C(C)(C)C)c3)nc(-c3cc4c5c(c3)N(c3cc(-c6ccccc6)cc(-c6ccccc6)c3)c3cc6ccc7ccccc7c6cc3B5c3cc5c(ccc6ccccc65)cc3N4c3cc(-c4ccccc4)cc(-c4ccccc4)c3)n2)cc(C(C)(C)C)c1. The zero-order valence-electron chi connectivity index (χ0n) is 63.2. The van der Waals surface area contributed by atoms with Gasteiger partial charge in [-0.05, 0) is 233 Å². The van der Waals surface area contributed by atoms with Crippen LogP contribution in [0, 0.1) is 0 Å². The van der Waals surface area contributed by atoms with Crippen LogP contribution in [0.4, 0.5) is 34.1 Å². The average molecular weight is 1380 g/mol. The molecule has 0 aliphatic carbocycles. The van der Waals surface area contributed by atoms with E-state index < -0.39 is 0 Å². The van der Waals surface area contributed by atoms with E-state index in [4.69, 9.17) is 15.0 Å². The van der Waals surface area contributed by atoms with Gasteiger partial charge >= 0.3 is 0 Å². The molecule has 18 rings (SSSR count). The van der Waals surface area contributed by atoms with Crippen molar-refractivity contribution in [2.75, 3.05) is 9.80 Å². The Hall–Kier alpha value is -12.0. The number of rotatable bonds is 9. The Morgan fingerprint density at radius 1 is 0.224 bits per heavy atom. The third-order valence-corrected chi connectivity index (χ3v) is 22.3. The Kier molecular flexibility index (Phi) is 15.9. The summed E-state index contributed by atoms with van der Waals surface area (Å²) in [5.41, 5.74) is 25.9. The van der Waals surface area contributed by atoms with Crippen molar-refractivity contribution >= 4 is 100 Å². The zero-order chi connectivity index (χ0) is 73.4. The second kappa shape index (κ2) is 25.4. The first-order valence-electron chi connectivity index (χ1n) is 37.8. The van der Waals surface area contributed by atoms with Crippen LogP contribution in [0.15, 0.2) is 303 Å². The summed E-state index contributed by atoms with van der Waals surface area (Å²) in [6.07, 6.45) is 0. The van der Waals surface area contributed by atoms with E-state index in [0.717, 1.165) is 106 Å². The first-order valence-corrected chi connectivity index (χ1v) is 37.8.